The Morgan fingerprint density at radius 3 is 2.85 bits per heavy atom. The highest BCUT2D eigenvalue weighted by molar-refractivity contribution is 6.00. The van der Waals surface area contributed by atoms with Crippen molar-refractivity contribution in [1.29, 1.82) is 0 Å². The van der Waals surface area contributed by atoms with E-state index in [-0.39, 0.29) is 23.2 Å². The summed E-state index contributed by atoms with van der Waals surface area (Å²) in [5.74, 6) is -0.357. The second kappa shape index (κ2) is 5.87. The topological polar surface area (TPSA) is 84.7 Å². The van der Waals surface area contributed by atoms with Crippen LogP contribution in [0.25, 0.3) is 0 Å². The molecule has 7 nitrogen and oxygen atoms in total. The lowest BCUT2D eigenvalue weighted by Gasteiger charge is -2.23. The Kier molecular flexibility index (Phi) is 4.19. The molecule has 1 amide bonds. The molecule has 1 N–H and O–H groups in total. The Hall–Kier alpha value is -2.15. The number of likely N-dealkylation sites (N-methyl/N-ethyl adjacent to an activating group) is 1. The highest BCUT2D eigenvalue weighted by atomic mass is 16.6. The lowest BCUT2D eigenvalue weighted by molar-refractivity contribution is -0.384. The van der Waals surface area contributed by atoms with Crippen LogP contribution < -0.4 is 5.32 Å². The second-order valence-corrected chi connectivity index (χ2v) is 4.64. The summed E-state index contributed by atoms with van der Waals surface area (Å²) in [7, 11) is 3.24. The number of ether oxygens (including phenoxy) is 1. The fourth-order valence-corrected chi connectivity index (χ4v) is 2.30. The van der Waals surface area contributed by atoms with E-state index in [4.69, 9.17) is 4.74 Å². The average molecular weight is 279 g/mol. The largest absolute Gasteiger partial charge is 0.383 e. The number of hydrogen-bond donors (Lipinski definition) is 1. The molecule has 0 bridgehead atoms. The summed E-state index contributed by atoms with van der Waals surface area (Å²) in [5.41, 5.74) is 0.235. The zero-order valence-electron chi connectivity index (χ0n) is 11.5. The normalized spacial score (nSPS) is 17.8. The number of nitro benzene ring substituents is 1. The van der Waals surface area contributed by atoms with E-state index >= 15 is 0 Å². The van der Waals surface area contributed by atoms with E-state index in [9.17, 15) is 14.9 Å². The van der Waals surface area contributed by atoms with Gasteiger partial charge >= 0.3 is 5.69 Å². The van der Waals surface area contributed by atoms with Gasteiger partial charge in [0.2, 0.25) is 0 Å². The fourth-order valence-electron chi connectivity index (χ4n) is 2.30. The van der Waals surface area contributed by atoms with Gasteiger partial charge in [-0.1, -0.05) is 6.07 Å². The van der Waals surface area contributed by atoms with Gasteiger partial charge in [-0.2, -0.15) is 0 Å². The van der Waals surface area contributed by atoms with Gasteiger partial charge in [0.25, 0.3) is 5.91 Å². The predicted molar refractivity (Wildman–Crippen MR) is 74.0 cm³/mol. The maximum atomic E-state index is 12.5. The summed E-state index contributed by atoms with van der Waals surface area (Å²) < 4.78 is 5.25. The summed E-state index contributed by atoms with van der Waals surface area (Å²) in [6.07, 6.45) is 0.752. The molecule has 1 saturated heterocycles. The van der Waals surface area contributed by atoms with Gasteiger partial charge in [-0.15, -0.1) is 0 Å². The summed E-state index contributed by atoms with van der Waals surface area (Å²) in [6.45, 7) is 1.09. The van der Waals surface area contributed by atoms with Gasteiger partial charge in [0.05, 0.1) is 17.6 Å². The third-order valence-electron chi connectivity index (χ3n) is 3.49. The van der Waals surface area contributed by atoms with Crippen LogP contribution in [0, 0.1) is 10.1 Å². The van der Waals surface area contributed by atoms with E-state index in [0.29, 0.717) is 18.9 Å². The van der Waals surface area contributed by atoms with Crippen LogP contribution in [-0.2, 0) is 4.74 Å². The van der Waals surface area contributed by atoms with Crippen LogP contribution in [-0.4, -0.2) is 49.1 Å². The lowest BCUT2D eigenvalue weighted by Crippen LogP contribution is -2.37. The molecule has 0 radical (unpaired) electrons. The zero-order chi connectivity index (χ0) is 14.7. The van der Waals surface area contributed by atoms with Gasteiger partial charge in [-0.3, -0.25) is 14.9 Å². The summed E-state index contributed by atoms with van der Waals surface area (Å²) in [6, 6.07) is 4.66. The van der Waals surface area contributed by atoms with Gasteiger partial charge in [0.15, 0.2) is 0 Å². The first kappa shape index (κ1) is 14.3. The van der Waals surface area contributed by atoms with E-state index in [2.05, 4.69) is 5.32 Å². The highest BCUT2D eigenvalue weighted by Crippen LogP contribution is 2.29. The van der Waals surface area contributed by atoms with Crippen molar-refractivity contribution in [3.63, 3.8) is 0 Å². The molecule has 1 aliphatic heterocycles. The summed E-state index contributed by atoms with van der Waals surface area (Å²) >= 11 is 0. The molecule has 1 unspecified atom stereocenters. The molecule has 0 aliphatic carbocycles. The number of amides is 1. The predicted octanol–water partition coefficient (Wildman–Crippen LogP) is 1.50. The Bertz CT molecular complexity index is 526. The number of carbonyl (C=O) groups is 1. The second-order valence-electron chi connectivity index (χ2n) is 4.64. The molecule has 0 aromatic heterocycles. The van der Waals surface area contributed by atoms with E-state index in [1.807, 2.05) is 0 Å². The molecule has 1 aromatic rings. The Labute approximate surface area is 116 Å². The van der Waals surface area contributed by atoms with E-state index < -0.39 is 4.92 Å². The Morgan fingerprint density at radius 2 is 2.30 bits per heavy atom. The van der Waals surface area contributed by atoms with Crippen molar-refractivity contribution >= 4 is 17.3 Å². The molecule has 20 heavy (non-hydrogen) atoms. The van der Waals surface area contributed by atoms with Crippen molar-refractivity contribution < 1.29 is 14.5 Å². The van der Waals surface area contributed by atoms with Gasteiger partial charge < -0.3 is 15.0 Å². The zero-order valence-corrected chi connectivity index (χ0v) is 11.5. The van der Waals surface area contributed by atoms with Crippen LogP contribution in [0.1, 0.15) is 16.8 Å². The number of hydrogen-bond acceptors (Lipinski definition) is 5. The van der Waals surface area contributed by atoms with Crippen molar-refractivity contribution in [2.45, 2.75) is 12.5 Å². The first-order valence-corrected chi connectivity index (χ1v) is 6.36. The van der Waals surface area contributed by atoms with Gasteiger partial charge in [-0.25, -0.2) is 0 Å². The third-order valence-corrected chi connectivity index (χ3v) is 3.49. The molecular weight excluding hydrogens is 262 g/mol. The van der Waals surface area contributed by atoms with Gasteiger partial charge in [0.1, 0.15) is 11.3 Å². The first-order chi connectivity index (χ1) is 9.56. The first-order valence-electron chi connectivity index (χ1n) is 6.36. The SMILES string of the molecule is CNc1cccc(C(=O)N(C)C2CCOC2)c1[N+](=O)[O-]. The fraction of sp³-hybridized carbons (Fsp3) is 0.462. The number of carbonyl (C=O) groups excluding carboxylic acids is 1. The smallest absolute Gasteiger partial charge is 0.305 e. The third kappa shape index (κ3) is 2.57. The van der Waals surface area contributed by atoms with E-state index in [0.717, 1.165) is 6.42 Å². The lowest BCUT2D eigenvalue weighted by atomic mass is 10.1. The molecule has 0 spiro atoms. The number of nitro groups is 1. The summed E-state index contributed by atoms with van der Waals surface area (Å²) in [5, 5.41) is 14.0. The molecule has 2 rings (SSSR count). The van der Waals surface area contributed by atoms with Crippen LogP contribution in [0.2, 0.25) is 0 Å². The molecule has 1 heterocycles. The molecule has 1 fully saturated rings. The monoisotopic (exact) mass is 279 g/mol. The Morgan fingerprint density at radius 1 is 1.55 bits per heavy atom. The van der Waals surface area contributed by atoms with Crippen molar-refractivity contribution in [1.82, 2.24) is 4.90 Å². The minimum atomic E-state index is -0.530. The minimum Gasteiger partial charge on any atom is -0.383 e. The number of rotatable bonds is 4. The van der Waals surface area contributed by atoms with Crippen molar-refractivity contribution in [3.05, 3.63) is 33.9 Å². The number of anilines is 1. The van der Waals surface area contributed by atoms with Crippen molar-refractivity contribution in [3.8, 4) is 0 Å². The van der Waals surface area contributed by atoms with E-state index in [1.165, 1.54) is 11.0 Å². The molecule has 7 heteroatoms. The standard InChI is InChI=1S/C13H17N3O4/c1-14-11-5-3-4-10(12(11)16(18)19)13(17)15(2)9-6-7-20-8-9/h3-5,9,14H,6-8H2,1-2H3. The Balaban J connectivity index is 2.36. The maximum absolute atomic E-state index is 12.5. The molecular formula is C13H17N3O4. The van der Waals surface area contributed by atoms with E-state index in [1.54, 1.807) is 26.2 Å². The average Bonchev–Trinajstić information content (AvgIpc) is 2.98. The van der Waals surface area contributed by atoms with Crippen LogP contribution >= 0.6 is 0 Å². The summed E-state index contributed by atoms with van der Waals surface area (Å²) in [4.78, 5) is 24.7. The van der Waals surface area contributed by atoms with Crippen LogP contribution in [0.15, 0.2) is 18.2 Å². The molecule has 1 aliphatic rings. The molecule has 1 atom stereocenters. The van der Waals surface area contributed by atoms with Crippen molar-refractivity contribution in [2.24, 2.45) is 0 Å². The number of benzene rings is 1. The van der Waals surface area contributed by atoms with Crippen LogP contribution in [0.3, 0.4) is 0 Å². The minimum absolute atomic E-state index is 0.0275. The van der Waals surface area contributed by atoms with Crippen LogP contribution in [0.5, 0.6) is 0 Å². The molecule has 1 aromatic carbocycles. The quantitative estimate of drug-likeness (QED) is 0.667. The molecule has 0 saturated carbocycles. The van der Waals surface area contributed by atoms with Crippen LogP contribution in [0.4, 0.5) is 11.4 Å². The number of para-hydroxylation sites is 1. The van der Waals surface area contributed by atoms with Gasteiger partial charge in [-0.05, 0) is 18.6 Å². The van der Waals surface area contributed by atoms with Gasteiger partial charge in [0, 0.05) is 20.7 Å². The number of nitrogens with zero attached hydrogens (tertiary/aromatic N) is 2. The van der Waals surface area contributed by atoms with Crippen molar-refractivity contribution in [2.75, 3.05) is 32.6 Å². The highest BCUT2D eigenvalue weighted by Gasteiger charge is 2.30. The maximum Gasteiger partial charge on any atom is 0.305 e. The molecule has 108 valence electrons. The number of nitrogens with one attached hydrogen (secondary N) is 1.